The molecule has 1 amide bonds. The maximum absolute atomic E-state index is 12.3. The number of amides is 1. The van der Waals surface area contributed by atoms with E-state index >= 15 is 0 Å². The minimum absolute atomic E-state index is 0.0771. The molecule has 2 aromatic rings. The number of carbonyl (C=O) groups is 1. The summed E-state index contributed by atoms with van der Waals surface area (Å²) < 4.78 is 6.94. The van der Waals surface area contributed by atoms with Gasteiger partial charge in [-0.05, 0) is 25.1 Å². The van der Waals surface area contributed by atoms with Gasteiger partial charge in [0, 0.05) is 24.1 Å². The van der Waals surface area contributed by atoms with Crippen LogP contribution in [0.1, 0.15) is 17.3 Å². The van der Waals surface area contributed by atoms with Gasteiger partial charge in [-0.3, -0.25) is 9.48 Å². The summed E-state index contributed by atoms with van der Waals surface area (Å²) in [5.74, 6) is 0.216. The fourth-order valence-electron chi connectivity index (χ4n) is 1.99. The van der Waals surface area contributed by atoms with E-state index in [1.54, 1.807) is 29.1 Å². The summed E-state index contributed by atoms with van der Waals surface area (Å²) >= 11 is 0. The Kier molecular flexibility index (Phi) is 4.24. The SMILES string of the molecule is COc1cccc(N)c1C(=O)NC(C)Cn1cccn1. The highest BCUT2D eigenvalue weighted by atomic mass is 16.5. The number of benzene rings is 1. The number of methoxy groups -OCH3 is 1. The van der Waals surface area contributed by atoms with Crippen LogP contribution in [0.5, 0.6) is 5.75 Å². The van der Waals surface area contributed by atoms with E-state index in [-0.39, 0.29) is 11.9 Å². The van der Waals surface area contributed by atoms with E-state index in [0.29, 0.717) is 23.5 Å². The Bertz CT molecular complexity index is 581. The van der Waals surface area contributed by atoms with Crippen molar-refractivity contribution in [1.29, 1.82) is 0 Å². The van der Waals surface area contributed by atoms with Crippen LogP contribution in [0.15, 0.2) is 36.7 Å². The van der Waals surface area contributed by atoms with Gasteiger partial charge in [0.2, 0.25) is 0 Å². The van der Waals surface area contributed by atoms with E-state index in [2.05, 4.69) is 10.4 Å². The number of nitrogens with zero attached hydrogens (tertiary/aromatic N) is 2. The average molecular weight is 274 g/mol. The molecule has 6 nitrogen and oxygen atoms in total. The second-order valence-electron chi connectivity index (χ2n) is 4.53. The van der Waals surface area contributed by atoms with Crippen LogP contribution in [0, 0.1) is 0 Å². The zero-order valence-corrected chi connectivity index (χ0v) is 11.5. The molecule has 0 aliphatic heterocycles. The van der Waals surface area contributed by atoms with Crippen molar-refractivity contribution in [2.75, 3.05) is 12.8 Å². The molecule has 0 aliphatic carbocycles. The van der Waals surface area contributed by atoms with Crippen LogP contribution in [0.4, 0.5) is 5.69 Å². The maximum Gasteiger partial charge on any atom is 0.257 e. The lowest BCUT2D eigenvalue weighted by molar-refractivity contribution is 0.0934. The predicted molar refractivity (Wildman–Crippen MR) is 76.6 cm³/mol. The van der Waals surface area contributed by atoms with Crippen LogP contribution in [0.3, 0.4) is 0 Å². The fourth-order valence-corrected chi connectivity index (χ4v) is 1.99. The van der Waals surface area contributed by atoms with E-state index in [1.807, 2.05) is 19.2 Å². The molecule has 2 rings (SSSR count). The number of carbonyl (C=O) groups excluding carboxylic acids is 1. The van der Waals surface area contributed by atoms with Crippen molar-refractivity contribution in [3.05, 3.63) is 42.2 Å². The molecule has 0 fully saturated rings. The van der Waals surface area contributed by atoms with E-state index in [0.717, 1.165) is 0 Å². The summed E-state index contributed by atoms with van der Waals surface area (Å²) in [7, 11) is 1.51. The van der Waals surface area contributed by atoms with Gasteiger partial charge in [-0.15, -0.1) is 0 Å². The minimum Gasteiger partial charge on any atom is -0.496 e. The number of ether oxygens (including phenoxy) is 1. The molecular formula is C14H18N4O2. The molecule has 1 atom stereocenters. The van der Waals surface area contributed by atoms with Gasteiger partial charge in [-0.2, -0.15) is 5.10 Å². The third-order valence-electron chi connectivity index (χ3n) is 2.90. The lowest BCUT2D eigenvalue weighted by Gasteiger charge is -2.16. The van der Waals surface area contributed by atoms with Crippen LogP contribution >= 0.6 is 0 Å². The van der Waals surface area contributed by atoms with Gasteiger partial charge in [-0.25, -0.2) is 0 Å². The number of anilines is 1. The summed E-state index contributed by atoms with van der Waals surface area (Å²) in [5.41, 5.74) is 6.61. The Labute approximate surface area is 117 Å². The van der Waals surface area contributed by atoms with Crippen molar-refractivity contribution >= 4 is 11.6 Å². The first-order chi connectivity index (χ1) is 9.61. The first-order valence-corrected chi connectivity index (χ1v) is 6.32. The van der Waals surface area contributed by atoms with Crippen molar-refractivity contribution in [3.8, 4) is 5.75 Å². The smallest absolute Gasteiger partial charge is 0.257 e. The molecule has 0 radical (unpaired) electrons. The Balaban J connectivity index is 2.08. The maximum atomic E-state index is 12.3. The van der Waals surface area contributed by atoms with Crippen LogP contribution in [0.2, 0.25) is 0 Å². The number of rotatable bonds is 5. The third-order valence-corrected chi connectivity index (χ3v) is 2.90. The van der Waals surface area contributed by atoms with Crippen molar-refractivity contribution < 1.29 is 9.53 Å². The molecule has 0 spiro atoms. The quantitative estimate of drug-likeness (QED) is 0.805. The summed E-state index contributed by atoms with van der Waals surface area (Å²) in [4.78, 5) is 12.3. The molecule has 1 heterocycles. The highest BCUT2D eigenvalue weighted by molar-refractivity contribution is 6.02. The molecule has 0 bridgehead atoms. The molecule has 1 aromatic carbocycles. The number of aromatic nitrogens is 2. The van der Waals surface area contributed by atoms with Gasteiger partial charge in [0.25, 0.3) is 5.91 Å². The predicted octanol–water partition coefficient (Wildman–Crippen LogP) is 1.29. The molecule has 106 valence electrons. The highest BCUT2D eigenvalue weighted by Gasteiger charge is 2.17. The van der Waals surface area contributed by atoms with Gasteiger partial charge in [0.15, 0.2) is 0 Å². The molecule has 0 aliphatic rings. The molecule has 1 unspecified atom stereocenters. The summed E-state index contributed by atoms with van der Waals surface area (Å²) in [5, 5.41) is 6.99. The second kappa shape index (κ2) is 6.10. The molecule has 1 aromatic heterocycles. The molecule has 3 N–H and O–H groups in total. The molecule has 6 heteroatoms. The van der Waals surface area contributed by atoms with Crippen molar-refractivity contribution in [2.45, 2.75) is 19.5 Å². The van der Waals surface area contributed by atoms with Gasteiger partial charge in [0.1, 0.15) is 11.3 Å². The average Bonchev–Trinajstić information content (AvgIpc) is 2.90. The standard InChI is InChI=1S/C14H18N4O2/c1-10(9-18-8-4-7-16-18)17-14(19)13-11(15)5-3-6-12(13)20-2/h3-8,10H,9,15H2,1-2H3,(H,17,19). The van der Waals surface area contributed by atoms with Gasteiger partial charge in [-0.1, -0.05) is 6.07 Å². The monoisotopic (exact) mass is 274 g/mol. The summed E-state index contributed by atoms with van der Waals surface area (Å²) in [6.07, 6.45) is 3.55. The van der Waals surface area contributed by atoms with Crippen LogP contribution in [0.25, 0.3) is 0 Å². The Morgan fingerprint density at radius 2 is 2.30 bits per heavy atom. The summed E-state index contributed by atoms with van der Waals surface area (Å²) in [6.45, 7) is 2.50. The lowest BCUT2D eigenvalue weighted by Crippen LogP contribution is -2.36. The fraction of sp³-hybridized carbons (Fsp3) is 0.286. The van der Waals surface area contributed by atoms with E-state index in [9.17, 15) is 4.79 Å². The molecule has 20 heavy (non-hydrogen) atoms. The number of nitrogens with one attached hydrogen (secondary N) is 1. The van der Waals surface area contributed by atoms with Gasteiger partial charge < -0.3 is 15.8 Å². The first-order valence-electron chi connectivity index (χ1n) is 6.32. The lowest BCUT2D eigenvalue weighted by atomic mass is 10.1. The third kappa shape index (κ3) is 3.09. The number of hydrogen-bond donors (Lipinski definition) is 2. The van der Waals surface area contributed by atoms with Crippen LogP contribution in [-0.2, 0) is 6.54 Å². The highest BCUT2D eigenvalue weighted by Crippen LogP contribution is 2.23. The van der Waals surface area contributed by atoms with Gasteiger partial charge in [0.05, 0.1) is 13.7 Å². The first kappa shape index (κ1) is 13.9. The normalized spacial score (nSPS) is 11.9. The number of nitrogens with two attached hydrogens (primary N) is 1. The van der Waals surface area contributed by atoms with Crippen molar-refractivity contribution in [1.82, 2.24) is 15.1 Å². The van der Waals surface area contributed by atoms with Crippen molar-refractivity contribution in [3.63, 3.8) is 0 Å². The zero-order chi connectivity index (χ0) is 14.5. The molecule has 0 saturated carbocycles. The van der Waals surface area contributed by atoms with Crippen LogP contribution in [-0.4, -0.2) is 28.8 Å². The molecular weight excluding hydrogens is 256 g/mol. The summed E-state index contributed by atoms with van der Waals surface area (Å²) in [6, 6.07) is 6.90. The van der Waals surface area contributed by atoms with E-state index < -0.39 is 0 Å². The topological polar surface area (TPSA) is 82.2 Å². The second-order valence-corrected chi connectivity index (χ2v) is 4.53. The Morgan fingerprint density at radius 1 is 1.50 bits per heavy atom. The largest absolute Gasteiger partial charge is 0.496 e. The Morgan fingerprint density at radius 3 is 2.95 bits per heavy atom. The van der Waals surface area contributed by atoms with E-state index in [1.165, 1.54) is 7.11 Å². The van der Waals surface area contributed by atoms with Crippen LogP contribution < -0.4 is 15.8 Å². The van der Waals surface area contributed by atoms with E-state index in [4.69, 9.17) is 10.5 Å². The minimum atomic E-state index is -0.250. The zero-order valence-electron chi connectivity index (χ0n) is 11.5. The van der Waals surface area contributed by atoms with Gasteiger partial charge >= 0.3 is 0 Å². The number of nitrogen functional groups attached to an aromatic ring is 1. The number of hydrogen-bond acceptors (Lipinski definition) is 4. The Hall–Kier alpha value is -2.50. The van der Waals surface area contributed by atoms with Crippen molar-refractivity contribution in [2.24, 2.45) is 0 Å². The molecule has 0 saturated heterocycles.